The highest BCUT2D eigenvalue weighted by Gasteiger charge is 2.31. The first kappa shape index (κ1) is 17.3. The van der Waals surface area contributed by atoms with Gasteiger partial charge in [-0.2, -0.15) is 17.7 Å². The fourth-order valence-electron chi connectivity index (χ4n) is 3.22. The molecular formula is C20H19F3N4+2. The molecule has 0 saturated heterocycles. The Balaban J connectivity index is 0.000000167. The summed E-state index contributed by atoms with van der Waals surface area (Å²) in [5.41, 5.74) is 2.49. The zero-order chi connectivity index (χ0) is 19.0. The monoisotopic (exact) mass is 372 g/mol. The molecule has 4 nitrogen and oxygen atoms in total. The van der Waals surface area contributed by atoms with Gasteiger partial charge in [0.2, 0.25) is 19.0 Å². The van der Waals surface area contributed by atoms with Crippen LogP contribution in [0.15, 0.2) is 60.9 Å². The summed E-state index contributed by atoms with van der Waals surface area (Å²) in [6, 6.07) is 13.3. The van der Waals surface area contributed by atoms with Crippen molar-refractivity contribution in [2.45, 2.75) is 19.5 Å². The molecule has 2 aliphatic heterocycles. The van der Waals surface area contributed by atoms with Gasteiger partial charge in [0.25, 0.3) is 0 Å². The zero-order valence-electron chi connectivity index (χ0n) is 14.8. The van der Waals surface area contributed by atoms with E-state index in [-0.39, 0.29) is 0 Å². The molecule has 138 valence electrons. The van der Waals surface area contributed by atoms with Gasteiger partial charge in [-0.3, -0.25) is 9.13 Å². The highest BCUT2D eigenvalue weighted by molar-refractivity contribution is 5.75. The smallest absolute Gasteiger partial charge is 0.287 e. The third kappa shape index (κ3) is 3.58. The molecule has 2 aliphatic rings. The number of hydrogen-bond acceptors (Lipinski definition) is 0. The van der Waals surface area contributed by atoms with Crippen molar-refractivity contribution < 1.29 is 22.3 Å². The van der Waals surface area contributed by atoms with Crippen molar-refractivity contribution >= 4 is 18.1 Å². The van der Waals surface area contributed by atoms with Crippen LogP contribution in [-0.4, -0.2) is 37.8 Å². The van der Waals surface area contributed by atoms with Gasteiger partial charge in [-0.15, -0.1) is 0 Å². The third-order valence-electron chi connectivity index (χ3n) is 4.58. The quantitative estimate of drug-likeness (QED) is 0.578. The van der Waals surface area contributed by atoms with Crippen LogP contribution in [0.25, 0.3) is 0 Å². The molecule has 0 N–H and O–H groups in total. The lowest BCUT2D eigenvalue weighted by atomic mass is 10.2. The highest BCUT2D eigenvalue weighted by Crippen LogP contribution is 2.30. The summed E-state index contributed by atoms with van der Waals surface area (Å²) in [6.45, 7) is 1.63. The summed E-state index contributed by atoms with van der Waals surface area (Å²) in [7, 11) is 2.08. The maximum absolute atomic E-state index is 12.4. The summed E-state index contributed by atoms with van der Waals surface area (Å²) in [5, 5.41) is 0. The second-order valence-corrected chi connectivity index (χ2v) is 6.62. The van der Waals surface area contributed by atoms with E-state index in [9.17, 15) is 13.2 Å². The number of halogens is 3. The third-order valence-corrected chi connectivity index (χ3v) is 4.58. The molecular weight excluding hydrogens is 353 g/mol. The van der Waals surface area contributed by atoms with Crippen LogP contribution in [0.3, 0.4) is 0 Å². The minimum absolute atomic E-state index is 0.620. The molecule has 0 saturated carbocycles. The Kier molecular flexibility index (Phi) is 4.22. The Bertz CT molecular complexity index is 1020. The lowest BCUT2D eigenvalue weighted by Crippen LogP contribution is -2.06. The van der Waals surface area contributed by atoms with E-state index >= 15 is 0 Å². The van der Waals surface area contributed by atoms with Crippen LogP contribution < -0.4 is 0 Å². The Morgan fingerprint density at radius 2 is 1.41 bits per heavy atom. The molecule has 1 aromatic carbocycles. The second-order valence-electron chi connectivity index (χ2n) is 6.62. The molecule has 0 spiro atoms. The number of hydrogen-bond donors (Lipinski definition) is 0. The molecule has 0 aliphatic carbocycles. The van der Waals surface area contributed by atoms with Crippen LogP contribution in [0.5, 0.6) is 0 Å². The lowest BCUT2D eigenvalue weighted by molar-refractivity contribution is -0.518. The molecule has 27 heavy (non-hydrogen) atoms. The van der Waals surface area contributed by atoms with Crippen molar-refractivity contribution in [3.63, 3.8) is 0 Å². The Labute approximate surface area is 154 Å². The first-order valence-corrected chi connectivity index (χ1v) is 8.54. The number of benzene rings is 1. The van der Waals surface area contributed by atoms with Crippen molar-refractivity contribution in [3.8, 4) is 0 Å². The highest BCUT2D eigenvalue weighted by atomic mass is 19.4. The lowest BCUT2D eigenvalue weighted by Gasteiger charge is -2.05. The van der Waals surface area contributed by atoms with Crippen molar-refractivity contribution in [1.82, 2.24) is 9.13 Å². The summed E-state index contributed by atoms with van der Waals surface area (Å²) >= 11 is 0. The molecule has 0 bridgehead atoms. The van der Waals surface area contributed by atoms with Gasteiger partial charge < -0.3 is 0 Å². The summed E-state index contributed by atoms with van der Waals surface area (Å²) in [5.74, 6) is 0. The van der Waals surface area contributed by atoms with Gasteiger partial charge in [0.15, 0.2) is 12.4 Å². The van der Waals surface area contributed by atoms with Gasteiger partial charge in [0.1, 0.15) is 18.4 Å². The SMILES string of the molecule is C[N+]1=Cc2cccn2C1.FC(F)(F)c1ccc([N+]2=Cc3cccn3C2)cc1. The van der Waals surface area contributed by atoms with Crippen LogP contribution in [0.4, 0.5) is 18.9 Å². The van der Waals surface area contributed by atoms with Crippen LogP contribution in [0.2, 0.25) is 0 Å². The Hall–Kier alpha value is -3.09. The largest absolute Gasteiger partial charge is 0.416 e. The van der Waals surface area contributed by atoms with Crippen molar-refractivity contribution in [1.29, 1.82) is 0 Å². The summed E-state index contributed by atoms with van der Waals surface area (Å²) in [4.78, 5) is 0. The first-order valence-electron chi connectivity index (χ1n) is 8.54. The average Bonchev–Trinajstić information content (AvgIpc) is 3.34. The fraction of sp³-hybridized carbons (Fsp3) is 0.200. The van der Waals surface area contributed by atoms with E-state index in [0.29, 0.717) is 6.67 Å². The van der Waals surface area contributed by atoms with Gasteiger partial charge in [0, 0.05) is 24.5 Å². The standard InChI is InChI=1S/C13H10F3N2.C7H9N2/c14-13(15,16)10-3-5-11(6-4-10)18-8-12-2-1-7-17(12)9-18;1-8-5-7-3-2-4-9(7)6-8/h1-8H,9H2;2-5H,6H2,1H3/q2*+1. The topological polar surface area (TPSA) is 15.9 Å². The molecule has 7 heteroatoms. The number of rotatable bonds is 1. The molecule has 4 heterocycles. The van der Waals surface area contributed by atoms with Gasteiger partial charge in [-0.05, 0) is 36.4 Å². The molecule has 5 rings (SSSR count). The maximum Gasteiger partial charge on any atom is 0.416 e. The van der Waals surface area contributed by atoms with E-state index in [2.05, 4.69) is 40.7 Å². The van der Waals surface area contributed by atoms with Crippen LogP contribution in [-0.2, 0) is 19.5 Å². The van der Waals surface area contributed by atoms with E-state index in [0.717, 1.165) is 30.2 Å². The molecule has 0 unspecified atom stereocenters. The van der Waals surface area contributed by atoms with Gasteiger partial charge >= 0.3 is 6.18 Å². The number of aromatic nitrogens is 2. The van der Waals surface area contributed by atoms with Crippen molar-refractivity contribution in [3.05, 3.63) is 77.9 Å². The zero-order valence-corrected chi connectivity index (χ0v) is 14.8. The molecule has 0 atom stereocenters. The Morgan fingerprint density at radius 1 is 0.815 bits per heavy atom. The number of alkyl halides is 3. The van der Waals surface area contributed by atoms with E-state index in [1.807, 2.05) is 33.7 Å². The van der Waals surface area contributed by atoms with E-state index in [1.54, 1.807) is 0 Å². The van der Waals surface area contributed by atoms with Crippen LogP contribution in [0.1, 0.15) is 17.0 Å². The second kappa shape index (κ2) is 6.57. The molecule has 2 aromatic heterocycles. The first-order chi connectivity index (χ1) is 12.9. The average molecular weight is 372 g/mol. The normalized spacial score (nSPS) is 14.8. The predicted molar refractivity (Wildman–Crippen MR) is 96.7 cm³/mol. The van der Waals surface area contributed by atoms with Crippen molar-refractivity contribution in [2.24, 2.45) is 0 Å². The van der Waals surface area contributed by atoms with Gasteiger partial charge in [-0.1, -0.05) is 0 Å². The summed E-state index contributed by atoms with van der Waals surface area (Å²) < 4.78 is 45.6. The fourth-order valence-corrected chi connectivity index (χ4v) is 3.22. The molecule has 0 fully saturated rings. The summed E-state index contributed by atoms with van der Waals surface area (Å²) in [6.07, 6.45) is 3.81. The molecule has 0 radical (unpaired) electrons. The molecule has 0 amide bonds. The van der Waals surface area contributed by atoms with E-state index in [4.69, 9.17) is 0 Å². The minimum Gasteiger partial charge on any atom is -0.287 e. The van der Waals surface area contributed by atoms with E-state index < -0.39 is 11.7 Å². The minimum atomic E-state index is -4.28. The predicted octanol–water partition coefficient (Wildman–Crippen LogP) is 3.76. The van der Waals surface area contributed by atoms with Gasteiger partial charge in [0.05, 0.1) is 5.56 Å². The Morgan fingerprint density at radius 3 is 1.96 bits per heavy atom. The van der Waals surface area contributed by atoms with Crippen LogP contribution in [0, 0.1) is 0 Å². The van der Waals surface area contributed by atoms with Gasteiger partial charge in [-0.25, -0.2) is 4.58 Å². The maximum atomic E-state index is 12.4. The van der Waals surface area contributed by atoms with Crippen molar-refractivity contribution in [2.75, 3.05) is 7.05 Å². The van der Waals surface area contributed by atoms with E-state index in [1.165, 1.54) is 17.8 Å². The molecule has 3 aromatic rings. The number of nitrogens with zero attached hydrogens (tertiary/aromatic N) is 4. The van der Waals surface area contributed by atoms with Crippen LogP contribution >= 0.6 is 0 Å². The number of fused-ring (bicyclic) bond motifs is 2.